The lowest BCUT2D eigenvalue weighted by Gasteiger charge is -2.32. The van der Waals surface area contributed by atoms with E-state index in [1.165, 1.54) is 0 Å². The SMILES string of the molecule is CC1(C)OB(c2cccc(-c3ccc4oc5ccc6oc7ccccc7c6c5c4c3)c2)OC1(C)C. The molecule has 0 N–H and O–H groups in total. The number of rotatable bonds is 2. The molecular formula is C30H25BO4. The molecule has 1 aliphatic rings. The van der Waals surface area contributed by atoms with Gasteiger partial charge in [0.15, 0.2) is 0 Å². The minimum atomic E-state index is -0.393. The van der Waals surface area contributed by atoms with Gasteiger partial charge in [-0.1, -0.05) is 48.5 Å². The second-order valence-electron chi connectivity index (χ2n) is 10.4. The van der Waals surface area contributed by atoms with E-state index in [1.54, 1.807) is 0 Å². The molecule has 2 aromatic heterocycles. The van der Waals surface area contributed by atoms with E-state index in [2.05, 4.69) is 76.2 Å². The summed E-state index contributed by atoms with van der Waals surface area (Å²) in [6.45, 7) is 8.31. The minimum absolute atomic E-state index is 0.374. The third-order valence-corrected chi connectivity index (χ3v) is 7.72. The molecule has 3 heterocycles. The summed E-state index contributed by atoms with van der Waals surface area (Å²) in [4.78, 5) is 0. The first-order valence-electron chi connectivity index (χ1n) is 12.0. The normalized spacial score (nSPS) is 17.3. The van der Waals surface area contributed by atoms with Crippen LogP contribution in [0.3, 0.4) is 0 Å². The molecule has 0 radical (unpaired) electrons. The molecule has 172 valence electrons. The molecule has 1 saturated heterocycles. The van der Waals surface area contributed by atoms with Gasteiger partial charge in [0.2, 0.25) is 0 Å². The zero-order chi connectivity index (χ0) is 23.9. The van der Waals surface area contributed by atoms with E-state index in [4.69, 9.17) is 18.1 Å². The van der Waals surface area contributed by atoms with Gasteiger partial charge in [0.1, 0.15) is 22.3 Å². The van der Waals surface area contributed by atoms with Crippen LogP contribution in [0.4, 0.5) is 0 Å². The minimum Gasteiger partial charge on any atom is -0.456 e. The van der Waals surface area contributed by atoms with Crippen molar-refractivity contribution in [3.8, 4) is 11.1 Å². The lowest BCUT2D eigenvalue weighted by atomic mass is 9.78. The van der Waals surface area contributed by atoms with Crippen LogP contribution in [0.2, 0.25) is 0 Å². The standard InChI is InChI=1S/C30H25BO4/c1-29(2)30(3,4)35-31(34-29)20-9-7-8-18(16-20)19-12-13-24-22(17-19)28-26(33-24)15-14-25-27(28)21-10-5-6-11-23(21)32-25/h5-17H,1-4H3. The van der Waals surface area contributed by atoms with E-state index in [0.29, 0.717) is 0 Å². The fourth-order valence-corrected chi connectivity index (χ4v) is 5.11. The first kappa shape index (κ1) is 20.8. The lowest BCUT2D eigenvalue weighted by Crippen LogP contribution is -2.41. The molecule has 0 unspecified atom stereocenters. The number of benzene rings is 4. The summed E-state index contributed by atoms with van der Waals surface area (Å²) >= 11 is 0. The van der Waals surface area contributed by atoms with E-state index in [1.807, 2.05) is 30.3 Å². The van der Waals surface area contributed by atoms with Crippen LogP contribution >= 0.6 is 0 Å². The summed E-state index contributed by atoms with van der Waals surface area (Å²) < 4.78 is 24.9. The summed E-state index contributed by atoms with van der Waals surface area (Å²) in [5.74, 6) is 0. The van der Waals surface area contributed by atoms with Crippen LogP contribution in [-0.2, 0) is 9.31 Å². The molecule has 1 fully saturated rings. The maximum Gasteiger partial charge on any atom is 0.494 e. The number of para-hydroxylation sites is 1. The highest BCUT2D eigenvalue weighted by molar-refractivity contribution is 6.62. The molecule has 0 bridgehead atoms. The van der Waals surface area contributed by atoms with E-state index < -0.39 is 7.12 Å². The smallest absolute Gasteiger partial charge is 0.456 e. The van der Waals surface area contributed by atoms with Gasteiger partial charge in [0.05, 0.1) is 11.2 Å². The van der Waals surface area contributed by atoms with Crippen molar-refractivity contribution in [3.05, 3.63) is 78.9 Å². The van der Waals surface area contributed by atoms with Gasteiger partial charge >= 0.3 is 7.12 Å². The topological polar surface area (TPSA) is 44.7 Å². The third kappa shape index (κ3) is 3.02. The van der Waals surface area contributed by atoms with Gasteiger partial charge in [-0.2, -0.15) is 0 Å². The van der Waals surface area contributed by atoms with Gasteiger partial charge in [0, 0.05) is 21.5 Å². The quantitative estimate of drug-likeness (QED) is 0.252. The molecule has 4 aromatic carbocycles. The summed E-state index contributed by atoms with van der Waals surface area (Å²) in [6, 6.07) is 27.0. The predicted molar refractivity (Wildman–Crippen MR) is 142 cm³/mol. The Labute approximate surface area is 203 Å². The molecule has 0 amide bonds. The fourth-order valence-electron chi connectivity index (χ4n) is 5.11. The van der Waals surface area contributed by atoms with Gasteiger partial charge in [-0.05, 0) is 74.6 Å². The molecule has 0 atom stereocenters. The van der Waals surface area contributed by atoms with Crippen molar-refractivity contribution in [3.63, 3.8) is 0 Å². The van der Waals surface area contributed by atoms with Gasteiger partial charge in [-0.15, -0.1) is 0 Å². The van der Waals surface area contributed by atoms with Crippen LogP contribution < -0.4 is 5.46 Å². The molecule has 35 heavy (non-hydrogen) atoms. The average Bonchev–Trinajstić information content (AvgIpc) is 3.47. The molecule has 0 saturated carbocycles. The third-order valence-electron chi connectivity index (χ3n) is 7.72. The molecule has 0 spiro atoms. The van der Waals surface area contributed by atoms with Crippen molar-refractivity contribution in [2.45, 2.75) is 38.9 Å². The van der Waals surface area contributed by atoms with Crippen molar-refractivity contribution >= 4 is 56.5 Å². The molecular weight excluding hydrogens is 435 g/mol. The van der Waals surface area contributed by atoms with Crippen LogP contribution in [0.5, 0.6) is 0 Å². The largest absolute Gasteiger partial charge is 0.494 e. The number of hydrogen-bond donors (Lipinski definition) is 0. The molecule has 0 aliphatic carbocycles. The number of fused-ring (bicyclic) bond motifs is 7. The van der Waals surface area contributed by atoms with E-state index in [-0.39, 0.29) is 11.2 Å². The predicted octanol–water partition coefficient (Wildman–Crippen LogP) is 7.45. The Morgan fingerprint density at radius 1 is 0.543 bits per heavy atom. The van der Waals surface area contributed by atoms with Crippen molar-refractivity contribution in [2.24, 2.45) is 0 Å². The molecule has 5 heteroatoms. The van der Waals surface area contributed by atoms with Crippen molar-refractivity contribution < 1.29 is 18.1 Å². The first-order valence-corrected chi connectivity index (χ1v) is 12.0. The lowest BCUT2D eigenvalue weighted by molar-refractivity contribution is 0.00578. The molecule has 7 rings (SSSR count). The maximum atomic E-state index is 6.29. The number of furan rings is 2. The Hall–Kier alpha value is -3.54. The molecule has 4 nitrogen and oxygen atoms in total. The van der Waals surface area contributed by atoms with E-state index >= 15 is 0 Å². The van der Waals surface area contributed by atoms with Crippen LogP contribution in [0.15, 0.2) is 87.7 Å². The molecule has 6 aromatic rings. The highest BCUT2D eigenvalue weighted by Gasteiger charge is 2.51. The monoisotopic (exact) mass is 460 g/mol. The highest BCUT2D eigenvalue weighted by Crippen LogP contribution is 2.41. The van der Waals surface area contributed by atoms with Crippen LogP contribution in [0.25, 0.3) is 55.0 Å². The average molecular weight is 460 g/mol. The Morgan fingerprint density at radius 3 is 1.89 bits per heavy atom. The zero-order valence-electron chi connectivity index (χ0n) is 20.2. The second kappa shape index (κ2) is 7.00. The summed E-state index contributed by atoms with van der Waals surface area (Å²) in [5.41, 5.74) is 5.97. The Morgan fingerprint density at radius 2 is 1.14 bits per heavy atom. The Bertz CT molecular complexity index is 1760. The fraction of sp³-hybridized carbons (Fsp3) is 0.200. The van der Waals surface area contributed by atoms with E-state index in [9.17, 15) is 0 Å². The van der Waals surface area contributed by atoms with Gasteiger partial charge in [-0.3, -0.25) is 0 Å². The second-order valence-corrected chi connectivity index (χ2v) is 10.4. The summed E-state index contributed by atoms with van der Waals surface area (Å²) in [6.07, 6.45) is 0. The maximum absolute atomic E-state index is 6.29. The van der Waals surface area contributed by atoms with Crippen molar-refractivity contribution in [2.75, 3.05) is 0 Å². The van der Waals surface area contributed by atoms with Crippen LogP contribution in [-0.4, -0.2) is 18.3 Å². The number of hydrogen-bond acceptors (Lipinski definition) is 4. The molecule has 1 aliphatic heterocycles. The van der Waals surface area contributed by atoms with Gasteiger partial charge in [0.25, 0.3) is 0 Å². The summed E-state index contributed by atoms with van der Waals surface area (Å²) in [7, 11) is -0.393. The van der Waals surface area contributed by atoms with Crippen molar-refractivity contribution in [1.82, 2.24) is 0 Å². The van der Waals surface area contributed by atoms with Gasteiger partial charge < -0.3 is 18.1 Å². The van der Waals surface area contributed by atoms with E-state index in [0.717, 1.165) is 60.5 Å². The Balaban J connectivity index is 1.39. The highest BCUT2D eigenvalue weighted by atomic mass is 16.7. The van der Waals surface area contributed by atoms with Gasteiger partial charge in [-0.25, -0.2) is 0 Å². The first-order chi connectivity index (χ1) is 16.8. The van der Waals surface area contributed by atoms with Crippen LogP contribution in [0, 0.1) is 0 Å². The van der Waals surface area contributed by atoms with Crippen LogP contribution in [0.1, 0.15) is 27.7 Å². The van der Waals surface area contributed by atoms with Crippen molar-refractivity contribution in [1.29, 1.82) is 0 Å². The zero-order valence-corrected chi connectivity index (χ0v) is 20.2. The summed E-state index contributed by atoms with van der Waals surface area (Å²) in [5, 5.41) is 4.37. The Kier molecular flexibility index (Phi) is 4.16.